The lowest BCUT2D eigenvalue weighted by molar-refractivity contribution is 0.340. The third-order valence-corrected chi connectivity index (χ3v) is 3.65. The zero-order valence-corrected chi connectivity index (χ0v) is 11.6. The lowest BCUT2D eigenvalue weighted by Crippen LogP contribution is -2.11. The summed E-state index contributed by atoms with van der Waals surface area (Å²) in [6.07, 6.45) is 3.24. The predicted octanol–water partition coefficient (Wildman–Crippen LogP) is 3.16. The molecule has 0 radical (unpaired) electrons. The maximum atomic E-state index is 9.22. The van der Waals surface area contributed by atoms with E-state index in [0.29, 0.717) is 12.3 Å². The molecule has 4 nitrogen and oxygen atoms in total. The monoisotopic (exact) mass is 267 g/mol. The molecule has 1 aromatic carbocycles. The Balaban J connectivity index is 2.01. The molecule has 1 aliphatic heterocycles. The van der Waals surface area contributed by atoms with Crippen molar-refractivity contribution in [3.05, 3.63) is 35.7 Å². The molecule has 0 amide bonds. The molecule has 2 heterocycles. The topological polar surface area (TPSA) is 50.8 Å². The zero-order valence-electron chi connectivity index (χ0n) is 11.6. The van der Waals surface area contributed by atoms with Gasteiger partial charge >= 0.3 is 0 Å². The maximum Gasteiger partial charge on any atom is 0.162 e. The van der Waals surface area contributed by atoms with Crippen LogP contribution < -0.4 is 4.74 Å². The standard InChI is InChI=1S/C16H17N3O/c1-2-20-13-8-6-12(7-9-13)16-18-14(11-17)15-5-3-4-10-19(15)16/h6-9H,2-5,10H2,1H3. The molecule has 1 aromatic heterocycles. The van der Waals surface area contributed by atoms with Gasteiger partial charge in [0.2, 0.25) is 0 Å². The van der Waals surface area contributed by atoms with Gasteiger partial charge in [-0.15, -0.1) is 0 Å². The molecule has 0 unspecified atom stereocenters. The summed E-state index contributed by atoms with van der Waals surface area (Å²) in [5, 5.41) is 9.22. The summed E-state index contributed by atoms with van der Waals surface area (Å²) in [4.78, 5) is 4.52. The molecule has 0 atom stereocenters. The van der Waals surface area contributed by atoms with Gasteiger partial charge in [0.05, 0.1) is 12.3 Å². The summed E-state index contributed by atoms with van der Waals surface area (Å²) in [6, 6.07) is 10.1. The van der Waals surface area contributed by atoms with Gasteiger partial charge in [-0.3, -0.25) is 0 Å². The van der Waals surface area contributed by atoms with E-state index in [1.165, 1.54) is 0 Å². The number of ether oxygens (including phenoxy) is 1. The molecular formula is C16H17N3O. The van der Waals surface area contributed by atoms with Gasteiger partial charge in [-0.05, 0) is 50.5 Å². The van der Waals surface area contributed by atoms with Crippen LogP contribution in [0.5, 0.6) is 5.75 Å². The van der Waals surface area contributed by atoms with E-state index in [9.17, 15) is 5.26 Å². The lowest BCUT2D eigenvalue weighted by atomic mass is 10.1. The van der Waals surface area contributed by atoms with Crippen LogP contribution in [0.2, 0.25) is 0 Å². The summed E-state index contributed by atoms with van der Waals surface area (Å²) in [6.45, 7) is 3.58. The number of nitrogens with zero attached hydrogens (tertiary/aromatic N) is 3. The SMILES string of the molecule is CCOc1ccc(-c2nc(C#N)c3n2CCCC3)cc1. The molecule has 3 rings (SSSR count). The number of hydrogen-bond donors (Lipinski definition) is 0. The first kappa shape index (κ1) is 12.7. The van der Waals surface area contributed by atoms with E-state index in [4.69, 9.17) is 4.74 Å². The van der Waals surface area contributed by atoms with Crippen molar-refractivity contribution in [2.45, 2.75) is 32.7 Å². The Bertz CT molecular complexity index is 650. The van der Waals surface area contributed by atoms with Crippen molar-refractivity contribution >= 4 is 0 Å². The fraction of sp³-hybridized carbons (Fsp3) is 0.375. The molecule has 1 aliphatic rings. The van der Waals surface area contributed by atoms with Crippen molar-refractivity contribution in [3.8, 4) is 23.2 Å². The highest BCUT2D eigenvalue weighted by Gasteiger charge is 2.20. The van der Waals surface area contributed by atoms with Gasteiger partial charge in [0.1, 0.15) is 17.6 Å². The second-order valence-corrected chi connectivity index (χ2v) is 4.91. The molecule has 2 aromatic rings. The van der Waals surface area contributed by atoms with Gasteiger partial charge in [0.25, 0.3) is 0 Å². The van der Waals surface area contributed by atoms with Gasteiger partial charge in [-0.1, -0.05) is 0 Å². The van der Waals surface area contributed by atoms with Crippen molar-refractivity contribution in [2.75, 3.05) is 6.61 Å². The highest BCUT2D eigenvalue weighted by molar-refractivity contribution is 5.59. The quantitative estimate of drug-likeness (QED) is 0.858. The number of rotatable bonds is 3. The van der Waals surface area contributed by atoms with E-state index in [1.54, 1.807) is 0 Å². The maximum absolute atomic E-state index is 9.22. The molecule has 102 valence electrons. The van der Waals surface area contributed by atoms with Crippen LogP contribution >= 0.6 is 0 Å². The van der Waals surface area contributed by atoms with Gasteiger partial charge in [0, 0.05) is 12.1 Å². The Morgan fingerprint density at radius 3 is 2.80 bits per heavy atom. The highest BCUT2D eigenvalue weighted by Crippen LogP contribution is 2.28. The number of fused-ring (bicyclic) bond motifs is 1. The third-order valence-electron chi connectivity index (χ3n) is 3.65. The average Bonchev–Trinajstić information content (AvgIpc) is 2.87. The molecule has 0 saturated carbocycles. The zero-order chi connectivity index (χ0) is 13.9. The number of benzene rings is 1. The number of nitriles is 1. The van der Waals surface area contributed by atoms with E-state index >= 15 is 0 Å². The van der Waals surface area contributed by atoms with Crippen molar-refractivity contribution in [2.24, 2.45) is 0 Å². The Labute approximate surface area is 118 Å². The van der Waals surface area contributed by atoms with Gasteiger partial charge < -0.3 is 9.30 Å². The minimum absolute atomic E-state index is 0.577. The molecule has 0 bridgehead atoms. The molecule has 0 aliphatic carbocycles. The summed E-state index contributed by atoms with van der Waals surface area (Å²) in [5.41, 5.74) is 2.70. The molecular weight excluding hydrogens is 250 g/mol. The van der Waals surface area contributed by atoms with E-state index in [0.717, 1.165) is 48.6 Å². The van der Waals surface area contributed by atoms with E-state index in [-0.39, 0.29) is 0 Å². The second kappa shape index (κ2) is 5.38. The first-order valence-electron chi connectivity index (χ1n) is 7.06. The van der Waals surface area contributed by atoms with Crippen LogP contribution in [-0.4, -0.2) is 16.2 Å². The van der Waals surface area contributed by atoms with E-state index < -0.39 is 0 Å². The predicted molar refractivity (Wildman–Crippen MR) is 76.5 cm³/mol. The third kappa shape index (κ3) is 2.16. The number of aromatic nitrogens is 2. The molecule has 0 saturated heterocycles. The van der Waals surface area contributed by atoms with Crippen molar-refractivity contribution in [1.82, 2.24) is 9.55 Å². The first-order chi connectivity index (χ1) is 9.83. The van der Waals surface area contributed by atoms with Crippen LogP contribution in [0.1, 0.15) is 31.2 Å². The fourth-order valence-electron chi connectivity index (χ4n) is 2.72. The summed E-state index contributed by atoms with van der Waals surface area (Å²) >= 11 is 0. The molecule has 20 heavy (non-hydrogen) atoms. The number of imidazole rings is 1. The van der Waals surface area contributed by atoms with Crippen LogP contribution in [0.15, 0.2) is 24.3 Å². The largest absolute Gasteiger partial charge is 0.494 e. The van der Waals surface area contributed by atoms with Crippen LogP contribution in [0.25, 0.3) is 11.4 Å². The smallest absolute Gasteiger partial charge is 0.162 e. The minimum Gasteiger partial charge on any atom is -0.494 e. The normalized spacial score (nSPS) is 13.6. The Kier molecular flexibility index (Phi) is 3.42. The van der Waals surface area contributed by atoms with Gasteiger partial charge in [-0.25, -0.2) is 4.98 Å². The second-order valence-electron chi connectivity index (χ2n) is 4.91. The van der Waals surface area contributed by atoms with E-state index in [2.05, 4.69) is 15.6 Å². The molecule has 4 heteroatoms. The van der Waals surface area contributed by atoms with Crippen LogP contribution in [0.3, 0.4) is 0 Å². The van der Waals surface area contributed by atoms with Crippen LogP contribution in [-0.2, 0) is 13.0 Å². The van der Waals surface area contributed by atoms with Crippen LogP contribution in [0.4, 0.5) is 0 Å². The average molecular weight is 267 g/mol. The molecule has 0 fully saturated rings. The molecule has 0 N–H and O–H groups in total. The first-order valence-corrected chi connectivity index (χ1v) is 7.06. The summed E-state index contributed by atoms with van der Waals surface area (Å²) < 4.78 is 7.65. The van der Waals surface area contributed by atoms with Gasteiger partial charge in [0.15, 0.2) is 5.69 Å². The fourth-order valence-corrected chi connectivity index (χ4v) is 2.72. The van der Waals surface area contributed by atoms with Crippen molar-refractivity contribution < 1.29 is 4.74 Å². The van der Waals surface area contributed by atoms with Crippen molar-refractivity contribution in [3.63, 3.8) is 0 Å². The molecule has 0 spiro atoms. The Morgan fingerprint density at radius 2 is 2.10 bits per heavy atom. The Hall–Kier alpha value is -2.28. The lowest BCUT2D eigenvalue weighted by Gasteiger charge is -2.16. The Morgan fingerprint density at radius 1 is 1.30 bits per heavy atom. The highest BCUT2D eigenvalue weighted by atomic mass is 16.5. The summed E-state index contributed by atoms with van der Waals surface area (Å²) in [5.74, 6) is 1.77. The van der Waals surface area contributed by atoms with Crippen LogP contribution in [0, 0.1) is 11.3 Å². The van der Waals surface area contributed by atoms with Crippen molar-refractivity contribution in [1.29, 1.82) is 5.26 Å². The summed E-state index contributed by atoms with van der Waals surface area (Å²) in [7, 11) is 0. The minimum atomic E-state index is 0.577. The van der Waals surface area contributed by atoms with Gasteiger partial charge in [-0.2, -0.15) is 5.26 Å². The van der Waals surface area contributed by atoms with E-state index in [1.807, 2.05) is 31.2 Å². The number of hydrogen-bond acceptors (Lipinski definition) is 3.